The molecule has 1 aromatic heterocycles. The van der Waals surface area contributed by atoms with E-state index in [1.54, 1.807) is 7.11 Å². The molecular weight excluding hydrogens is 316 g/mol. The summed E-state index contributed by atoms with van der Waals surface area (Å²) in [6.45, 7) is 1.85. The van der Waals surface area contributed by atoms with E-state index in [0.717, 1.165) is 26.4 Å². The number of hydrogen-bond acceptors (Lipinski definition) is 5. The number of hydrogen-bond donors (Lipinski definition) is 1. The van der Waals surface area contributed by atoms with E-state index in [2.05, 4.69) is 25.5 Å². The first-order valence-electron chi connectivity index (χ1n) is 5.41. The largest absolute Gasteiger partial charge is 0.497 e. The molecule has 1 unspecified atom stereocenters. The zero-order chi connectivity index (χ0) is 13.1. The van der Waals surface area contributed by atoms with Crippen LogP contribution in [0.1, 0.15) is 22.2 Å². The summed E-state index contributed by atoms with van der Waals surface area (Å²) in [5, 5.41) is 14.1. The average Bonchev–Trinajstić information content (AvgIpc) is 2.78. The molecule has 1 N–H and O–H groups in total. The molecule has 0 aliphatic rings. The lowest BCUT2D eigenvalue weighted by Gasteiger charge is -2.11. The number of aliphatic hydroxyl groups is 1. The monoisotopic (exact) mass is 328 g/mol. The van der Waals surface area contributed by atoms with Crippen molar-refractivity contribution in [1.29, 1.82) is 0 Å². The predicted octanol–water partition coefficient (Wildman–Crippen LogP) is 2.89. The van der Waals surface area contributed by atoms with Crippen LogP contribution in [0.25, 0.3) is 0 Å². The highest BCUT2D eigenvalue weighted by atomic mass is 79.9. The summed E-state index contributed by atoms with van der Waals surface area (Å²) in [6, 6.07) is 5.70. The predicted molar refractivity (Wildman–Crippen MR) is 74.0 cm³/mol. The Bertz CT molecular complexity index is 545. The summed E-state index contributed by atoms with van der Waals surface area (Å²) in [6.07, 6.45) is -0.0870. The highest BCUT2D eigenvalue weighted by Crippen LogP contribution is 2.29. The summed E-state index contributed by atoms with van der Waals surface area (Å²) in [7, 11) is 1.63. The van der Waals surface area contributed by atoms with Gasteiger partial charge in [-0.2, -0.15) is 0 Å². The molecule has 4 nitrogen and oxygen atoms in total. The van der Waals surface area contributed by atoms with E-state index >= 15 is 0 Å². The maximum absolute atomic E-state index is 10.2. The van der Waals surface area contributed by atoms with E-state index in [9.17, 15) is 5.11 Å². The first kappa shape index (κ1) is 13.5. The van der Waals surface area contributed by atoms with E-state index < -0.39 is 6.10 Å². The average molecular weight is 329 g/mol. The Hall–Kier alpha value is -0.980. The van der Waals surface area contributed by atoms with Crippen LogP contribution in [0.4, 0.5) is 0 Å². The Morgan fingerprint density at radius 1 is 1.50 bits per heavy atom. The molecule has 0 fully saturated rings. The summed E-state index contributed by atoms with van der Waals surface area (Å²) < 4.78 is 9.97. The number of aryl methyl sites for hydroxylation is 1. The van der Waals surface area contributed by atoms with E-state index in [4.69, 9.17) is 4.74 Å². The molecule has 2 aromatic rings. The lowest BCUT2D eigenvalue weighted by molar-refractivity contribution is 0.181. The molecule has 1 aromatic carbocycles. The van der Waals surface area contributed by atoms with Gasteiger partial charge in [0.2, 0.25) is 0 Å². The Morgan fingerprint density at radius 3 is 2.89 bits per heavy atom. The number of halogens is 1. The van der Waals surface area contributed by atoms with Crippen molar-refractivity contribution in [2.75, 3.05) is 7.11 Å². The summed E-state index contributed by atoms with van der Waals surface area (Å²) in [5.74, 6) is 0.777. The van der Waals surface area contributed by atoms with Gasteiger partial charge in [0.05, 0.1) is 23.8 Å². The minimum absolute atomic E-state index is 0.502. The van der Waals surface area contributed by atoms with Gasteiger partial charge < -0.3 is 9.84 Å². The van der Waals surface area contributed by atoms with Gasteiger partial charge in [0.15, 0.2) is 0 Å². The third kappa shape index (κ3) is 2.88. The summed E-state index contributed by atoms with van der Waals surface area (Å²) in [4.78, 5) is 0.810. The van der Waals surface area contributed by atoms with Crippen LogP contribution in [0.15, 0.2) is 22.7 Å². The molecule has 0 amide bonds. The molecule has 0 bridgehead atoms. The number of ether oxygens (including phenoxy) is 1. The number of rotatable bonds is 4. The van der Waals surface area contributed by atoms with Gasteiger partial charge in [0, 0.05) is 10.9 Å². The SMILES string of the molecule is COc1ccc(Br)c(CC(O)c2snnc2C)c1. The molecule has 0 aliphatic carbocycles. The minimum atomic E-state index is -0.589. The number of methoxy groups -OCH3 is 1. The van der Waals surface area contributed by atoms with Gasteiger partial charge in [-0.3, -0.25) is 0 Å². The molecule has 0 saturated heterocycles. The van der Waals surface area contributed by atoms with Crippen LogP contribution in [-0.2, 0) is 6.42 Å². The molecule has 0 aliphatic heterocycles. The summed E-state index contributed by atoms with van der Waals surface area (Å²) >= 11 is 4.71. The van der Waals surface area contributed by atoms with Gasteiger partial charge in [-0.25, -0.2) is 0 Å². The van der Waals surface area contributed by atoms with Crippen molar-refractivity contribution in [1.82, 2.24) is 9.59 Å². The van der Waals surface area contributed by atoms with Gasteiger partial charge in [-0.1, -0.05) is 20.4 Å². The Labute approximate surface area is 118 Å². The van der Waals surface area contributed by atoms with Crippen molar-refractivity contribution in [3.05, 3.63) is 38.8 Å². The topological polar surface area (TPSA) is 55.2 Å². The molecule has 1 heterocycles. The van der Waals surface area contributed by atoms with Gasteiger partial charge in [-0.15, -0.1) is 5.10 Å². The number of aromatic nitrogens is 2. The molecule has 18 heavy (non-hydrogen) atoms. The highest BCUT2D eigenvalue weighted by Gasteiger charge is 2.16. The van der Waals surface area contributed by atoms with Crippen molar-refractivity contribution in [2.45, 2.75) is 19.4 Å². The van der Waals surface area contributed by atoms with Crippen molar-refractivity contribution >= 4 is 27.5 Å². The van der Waals surface area contributed by atoms with Gasteiger partial charge in [-0.05, 0) is 42.2 Å². The Kier molecular flexibility index (Phi) is 4.31. The third-order valence-corrected chi connectivity index (χ3v) is 4.36. The molecule has 6 heteroatoms. The molecule has 0 radical (unpaired) electrons. The van der Waals surface area contributed by atoms with E-state index in [0.29, 0.717) is 6.42 Å². The van der Waals surface area contributed by atoms with Crippen LogP contribution in [0.2, 0.25) is 0 Å². The third-order valence-electron chi connectivity index (χ3n) is 2.66. The lowest BCUT2D eigenvalue weighted by Crippen LogP contribution is -2.02. The molecule has 0 spiro atoms. The standard InChI is InChI=1S/C12H13BrN2O2S/c1-7-12(18-15-14-7)11(16)6-8-5-9(17-2)3-4-10(8)13/h3-5,11,16H,6H2,1-2H3. The second-order valence-electron chi connectivity index (χ2n) is 3.90. The van der Waals surface area contributed by atoms with Crippen molar-refractivity contribution in [2.24, 2.45) is 0 Å². The smallest absolute Gasteiger partial charge is 0.119 e. The summed E-state index contributed by atoms with van der Waals surface area (Å²) in [5.41, 5.74) is 1.78. The van der Waals surface area contributed by atoms with E-state index in [-0.39, 0.29) is 0 Å². The lowest BCUT2D eigenvalue weighted by atomic mass is 10.1. The zero-order valence-electron chi connectivity index (χ0n) is 10.1. The fourth-order valence-electron chi connectivity index (χ4n) is 1.68. The van der Waals surface area contributed by atoms with Crippen LogP contribution in [0.3, 0.4) is 0 Å². The second-order valence-corrected chi connectivity index (χ2v) is 5.54. The van der Waals surface area contributed by atoms with Crippen molar-refractivity contribution in [3.63, 3.8) is 0 Å². The molecule has 1 atom stereocenters. The second kappa shape index (κ2) is 5.77. The van der Waals surface area contributed by atoms with Gasteiger partial charge in [0.25, 0.3) is 0 Å². The van der Waals surface area contributed by atoms with Crippen LogP contribution in [-0.4, -0.2) is 21.8 Å². The van der Waals surface area contributed by atoms with Crippen LogP contribution < -0.4 is 4.74 Å². The quantitative estimate of drug-likeness (QED) is 0.937. The fourth-order valence-corrected chi connectivity index (χ4v) is 2.72. The van der Waals surface area contributed by atoms with E-state index in [1.807, 2.05) is 25.1 Å². The molecule has 2 rings (SSSR count). The van der Waals surface area contributed by atoms with Crippen LogP contribution in [0, 0.1) is 6.92 Å². The zero-order valence-corrected chi connectivity index (χ0v) is 12.5. The normalized spacial score (nSPS) is 12.4. The number of benzene rings is 1. The Balaban J connectivity index is 2.21. The van der Waals surface area contributed by atoms with E-state index in [1.165, 1.54) is 11.5 Å². The van der Waals surface area contributed by atoms with Gasteiger partial charge >= 0.3 is 0 Å². The molecule has 0 saturated carbocycles. The first-order chi connectivity index (χ1) is 8.61. The Morgan fingerprint density at radius 2 is 2.28 bits per heavy atom. The van der Waals surface area contributed by atoms with Crippen molar-refractivity contribution in [3.8, 4) is 5.75 Å². The van der Waals surface area contributed by atoms with Crippen LogP contribution in [0.5, 0.6) is 5.75 Å². The molecular formula is C12H13BrN2O2S. The highest BCUT2D eigenvalue weighted by molar-refractivity contribution is 9.10. The van der Waals surface area contributed by atoms with Gasteiger partial charge in [0.1, 0.15) is 5.75 Å². The first-order valence-corrected chi connectivity index (χ1v) is 6.97. The minimum Gasteiger partial charge on any atom is -0.497 e. The fraction of sp³-hybridized carbons (Fsp3) is 0.333. The van der Waals surface area contributed by atoms with Crippen LogP contribution >= 0.6 is 27.5 Å². The van der Waals surface area contributed by atoms with Crippen molar-refractivity contribution < 1.29 is 9.84 Å². The number of aliphatic hydroxyl groups excluding tert-OH is 1. The number of nitrogens with zero attached hydrogens (tertiary/aromatic N) is 2. The maximum atomic E-state index is 10.2. The maximum Gasteiger partial charge on any atom is 0.119 e. The molecule has 96 valence electrons.